The van der Waals surface area contributed by atoms with Gasteiger partial charge in [0.15, 0.2) is 0 Å². The number of carbonyl (C=O) groups is 2. The molecule has 0 bridgehead atoms. The summed E-state index contributed by atoms with van der Waals surface area (Å²) in [6.07, 6.45) is 1.45. The number of carbonyl (C=O) groups excluding carboxylic acids is 2. The molecular weight excluding hydrogens is 446 g/mol. The Morgan fingerprint density at radius 1 is 1.00 bits per heavy atom. The number of benzene rings is 3. The summed E-state index contributed by atoms with van der Waals surface area (Å²) in [6, 6.07) is 22.4. The van der Waals surface area contributed by atoms with Crippen molar-refractivity contribution in [3.8, 4) is 5.75 Å². The molecule has 2 N–H and O–H groups in total. The van der Waals surface area contributed by atoms with E-state index in [0.717, 1.165) is 21.3 Å². The van der Waals surface area contributed by atoms with E-state index in [1.165, 1.54) is 11.8 Å². The fourth-order valence-corrected chi connectivity index (χ4v) is 2.87. The second-order valence-electron chi connectivity index (χ2n) is 6.51. The highest BCUT2D eigenvalue weighted by Gasteiger charge is 2.12. The quantitative estimate of drug-likeness (QED) is 0.321. The van der Waals surface area contributed by atoms with Crippen LogP contribution in [0.5, 0.6) is 5.75 Å². The molecule has 0 spiro atoms. The highest BCUT2D eigenvalue weighted by Crippen LogP contribution is 2.16. The predicted octanol–water partition coefficient (Wildman–Crippen LogP) is 4.43. The van der Waals surface area contributed by atoms with E-state index >= 15 is 0 Å². The second-order valence-corrected chi connectivity index (χ2v) is 7.42. The smallest absolute Gasteiger partial charge is 0.329 e. The van der Waals surface area contributed by atoms with Gasteiger partial charge in [0.05, 0.1) is 6.21 Å². The van der Waals surface area contributed by atoms with Gasteiger partial charge in [0, 0.05) is 10.2 Å². The lowest BCUT2D eigenvalue weighted by Crippen LogP contribution is -2.32. The number of nitrogens with zero attached hydrogens (tertiary/aromatic N) is 1. The minimum Gasteiger partial charge on any atom is -0.489 e. The SMILES string of the molecule is Cc1ccc(COc2ccc(C=NNC(=O)C(=O)Nc3cccc(Br)c3)cc2)cc1. The van der Waals surface area contributed by atoms with Crippen LogP contribution in [0, 0.1) is 6.92 Å². The Balaban J connectivity index is 1.46. The van der Waals surface area contributed by atoms with E-state index in [-0.39, 0.29) is 0 Å². The first-order valence-corrected chi connectivity index (χ1v) is 9.97. The number of hydrogen-bond donors (Lipinski definition) is 2. The predicted molar refractivity (Wildman–Crippen MR) is 120 cm³/mol. The largest absolute Gasteiger partial charge is 0.489 e. The number of nitrogens with one attached hydrogen (secondary N) is 2. The summed E-state index contributed by atoms with van der Waals surface area (Å²) in [7, 11) is 0. The zero-order valence-electron chi connectivity index (χ0n) is 16.3. The van der Waals surface area contributed by atoms with E-state index in [9.17, 15) is 9.59 Å². The number of halogens is 1. The Hall–Kier alpha value is -3.45. The van der Waals surface area contributed by atoms with Crippen molar-refractivity contribution in [2.45, 2.75) is 13.5 Å². The highest BCUT2D eigenvalue weighted by atomic mass is 79.9. The molecule has 0 aliphatic rings. The van der Waals surface area contributed by atoms with E-state index < -0.39 is 11.8 Å². The van der Waals surface area contributed by atoms with E-state index in [4.69, 9.17) is 4.74 Å². The van der Waals surface area contributed by atoms with Gasteiger partial charge in [0.1, 0.15) is 12.4 Å². The summed E-state index contributed by atoms with van der Waals surface area (Å²) in [5, 5.41) is 6.32. The normalized spacial score (nSPS) is 10.6. The van der Waals surface area contributed by atoms with E-state index in [1.807, 2.05) is 61.5 Å². The van der Waals surface area contributed by atoms with Gasteiger partial charge < -0.3 is 10.1 Å². The first-order valence-electron chi connectivity index (χ1n) is 9.18. The van der Waals surface area contributed by atoms with Crippen molar-refractivity contribution in [3.63, 3.8) is 0 Å². The zero-order chi connectivity index (χ0) is 21.3. The monoisotopic (exact) mass is 465 g/mol. The molecule has 0 radical (unpaired) electrons. The minimum atomic E-state index is -0.857. The average Bonchev–Trinajstić information content (AvgIpc) is 2.74. The summed E-state index contributed by atoms with van der Waals surface area (Å²) in [4.78, 5) is 23.7. The Morgan fingerprint density at radius 3 is 2.43 bits per heavy atom. The van der Waals surface area contributed by atoms with Crippen LogP contribution in [-0.4, -0.2) is 18.0 Å². The molecule has 7 heteroatoms. The molecule has 0 aliphatic heterocycles. The van der Waals surface area contributed by atoms with Crippen LogP contribution < -0.4 is 15.5 Å². The van der Waals surface area contributed by atoms with Gasteiger partial charge in [-0.05, 0) is 60.5 Å². The average molecular weight is 466 g/mol. The summed E-state index contributed by atoms with van der Waals surface area (Å²) >= 11 is 3.30. The highest BCUT2D eigenvalue weighted by molar-refractivity contribution is 9.10. The van der Waals surface area contributed by atoms with Gasteiger partial charge in [-0.1, -0.05) is 51.8 Å². The van der Waals surface area contributed by atoms with Crippen LogP contribution in [0.15, 0.2) is 82.4 Å². The van der Waals surface area contributed by atoms with Crippen molar-refractivity contribution >= 4 is 39.6 Å². The van der Waals surface area contributed by atoms with Gasteiger partial charge in [-0.15, -0.1) is 0 Å². The molecule has 0 saturated carbocycles. The van der Waals surface area contributed by atoms with Crippen LogP contribution in [-0.2, 0) is 16.2 Å². The molecule has 0 aliphatic carbocycles. The molecule has 2 amide bonds. The number of hydrogen-bond acceptors (Lipinski definition) is 4. The maximum atomic E-state index is 11.9. The Labute approximate surface area is 183 Å². The number of aryl methyl sites for hydroxylation is 1. The van der Waals surface area contributed by atoms with Crippen LogP contribution in [0.3, 0.4) is 0 Å². The molecular formula is C23H20BrN3O3. The third kappa shape index (κ3) is 6.56. The van der Waals surface area contributed by atoms with Crippen molar-refractivity contribution in [2.24, 2.45) is 5.10 Å². The number of anilines is 1. The van der Waals surface area contributed by atoms with Crippen LogP contribution in [0.25, 0.3) is 0 Å². The third-order valence-corrected chi connectivity index (χ3v) is 4.57. The van der Waals surface area contributed by atoms with Crippen molar-refractivity contribution in [1.82, 2.24) is 5.43 Å². The van der Waals surface area contributed by atoms with Crippen LogP contribution in [0.1, 0.15) is 16.7 Å². The summed E-state index contributed by atoms with van der Waals surface area (Å²) in [5.74, 6) is -0.931. The maximum Gasteiger partial charge on any atom is 0.329 e. The van der Waals surface area contributed by atoms with Gasteiger partial charge in [0.25, 0.3) is 0 Å². The van der Waals surface area contributed by atoms with Crippen LogP contribution in [0.4, 0.5) is 5.69 Å². The van der Waals surface area contributed by atoms with Gasteiger partial charge in [-0.2, -0.15) is 5.10 Å². The zero-order valence-corrected chi connectivity index (χ0v) is 17.8. The van der Waals surface area contributed by atoms with E-state index in [1.54, 1.807) is 18.2 Å². The molecule has 0 heterocycles. The fourth-order valence-electron chi connectivity index (χ4n) is 2.47. The molecule has 0 aromatic heterocycles. The second kappa shape index (κ2) is 10.4. The number of hydrazone groups is 1. The van der Waals surface area contributed by atoms with Gasteiger partial charge >= 0.3 is 11.8 Å². The van der Waals surface area contributed by atoms with Gasteiger partial charge in [0.2, 0.25) is 0 Å². The molecule has 6 nitrogen and oxygen atoms in total. The van der Waals surface area contributed by atoms with Crippen molar-refractivity contribution < 1.29 is 14.3 Å². The fraction of sp³-hybridized carbons (Fsp3) is 0.0870. The number of rotatable bonds is 6. The topological polar surface area (TPSA) is 79.8 Å². The lowest BCUT2D eigenvalue weighted by Gasteiger charge is -2.07. The number of ether oxygens (including phenoxy) is 1. The van der Waals surface area contributed by atoms with Crippen molar-refractivity contribution in [3.05, 3.63) is 94.0 Å². The first kappa shape index (κ1) is 21.3. The first-order chi connectivity index (χ1) is 14.5. The Morgan fingerprint density at radius 2 is 1.73 bits per heavy atom. The van der Waals surface area contributed by atoms with Crippen molar-refractivity contribution in [1.29, 1.82) is 0 Å². The van der Waals surface area contributed by atoms with Crippen LogP contribution >= 0.6 is 15.9 Å². The molecule has 0 saturated heterocycles. The summed E-state index contributed by atoms with van der Waals surface area (Å²) in [5.41, 5.74) is 5.77. The molecule has 30 heavy (non-hydrogen) atoms. The van der Waals surface area contributed by atoms with Crippen LogP contribution in [0.2, 0.25) is 0 Å². The molecule has 0 fully saturated rings. The maximum absolute atomic E-state index is 11.9. The molecule has 0 atom stereocenters. The summed E-state index contributed by atoms with van der Waals surface area (Å²) in [6.45, 7) is 2.53. The number of amides is 2. The third-order valence-electron chi connectivity index (χ3n) is 4.07. The Bertz CT molecular complexity index is 1050. The summed E-state index contributed by atoms with van der Waals surface area (Å²) < 4.78 is 6.55. The lowest BCUT2D eigenvalue weighted by molar-refractivity contribution is -0.136. The molecule has 0 unspecified atom stereocenters. The standard InChI is InChI=1S/C23H20BrN3O3/c1-16-5-7-18(8-6-16)15-30-21-11-9-17(10-12-21)14-25-27-23(29)22(28)26-20-4-2-3-19(24)13-20/h2-14H,15H2,1H3,(H,26,28)(H,27,29). The molecule has 152 valence electrons. The van der Waals surface area contributed by atoms with E-state index in [0.29, 0.717) is 12.3 Å². The molecule has 3 aromatic carbocycles. The molecule has 3 rings (SSSR count). The van der Waals surface area contributed by atoms with E-state index in [2.05, 4.69) is 31.8 Å². The lowest BCUT2D eigenvalue weighted by atomic mass is 10.2. The minimum absolute atomic E-state index is 0.483. The Kier molecular flexibility index (Phi) is 7.34. The van der Waals surface area contributed by atoms with Gasteiger partial charge in [-0.3, -0.25) is 9.59 Å². The molecule has 3 aromatic rings. The van der Waals surface area contributed by atoms with Crippen molar-refractivity contribution in [2.75, 3.05) is 5.32 Å². The van der Waals surface area contributed by atoms with Gasteiger partial charge in [-0.25, -0.2) is 5.43 Å².